The van der Waals surface area contributed by atoms with Crippen LogP contribution in [-0.2, 0) is 11.2 Å². The van der Waals surface area contributed by atoms with Gasteiger partial charge in [0.1, 0.15) is 5.82 Å². The molecule has 2 atom stereocenters. The van der Waals surface area contributed by atoms with Crippen LogP contribution in [0.1, 0.15) is 39.3 Å². The van der Waals surface area contributed by atoms with Crippen molar-refractivity contribution in [1.82, 2.24) is 14.7 Å². The summed E-state index contributed by atoms with van der Waals surface area (Å²) >= 11 is 1.72. The molecule has 37 heavy (non-hydrogen) atoms. The maximum absolute atomic E-state index is 14.1. The molecule has 0 bridgehead atoms. The molecular formula is C28H28FN3O4S. The maximum atomic E-state index is 14.1. The summed E-state index contributed by atoms with van der Waals surface area (Å²) in [7, 11) is 0. The smallest absolute Gasteiger partial charge is 0.254 e. The second-order valence-electron chi connectivity index (χ2n) is 9.73. The Morgan fingerprint density at radius 3 is 2.76 bits per heavy atom. The molecule has 6 rings (SSSR count). The predicted molar refractivity (Wildman–Crippen MR) is 137 cm³/mol. The van der Waals surface area contributed by atoms with Crippen molar-refractivity contribution in [3.63, 3.8) is 0 Å². The van der Waals surface area contributed by atoms with E-state index in [0.717, 1.165) is 24.1 Å². The van der Waals surface area contributed by atoms with E-state index in [1.165, 1.54) is 10.9 Å². The maximum Gasteiger partial charge on any atom is 0.254 e. The normalized spacial score (nSPS) is 21.1. The van der Waals surface area contributed by atoms with E-state index in [4.69, 9.17) is 9.47 Å². The number of carbonyl (C=O) groups is 2. The SMILES string of the molecule is C[C@H]1CN(C(=O)CN2CCc3sccc3[C@H]2c2cccc(F)c2)CCN1C(=O)c1ccc2c(c1)OCO2. The summed E-state index contributed by atoms with van der Waals surface area (Å²) in [5.41, 5.74) is 2.57. The summed E-state index contributed by atoms with van der Waals surface area (Å²) in [6.07, 6.45) is 0.875. The van der Waals surface area contributed by atoms with Gasteiger partial charge in [0.25, 0.3) is 5.91 Å². The molecule has 0 N–H and O–H groups in total. The molecule has 0 spiro atoms. The minimum Gasteiger partial charge on any atom is -0.454 e. The van der Waals surface area contributed by atoms with Gasteiger partial charge < -0.3 is 19.3 Å². The first-order chi connectivity index (χ1) is 18.0. The van der Waals surface area contributed by atoms with E-state index in [1.54, 1.807) is 41.7 Å². The Bertz CT molecular complexity index is 1340. The Morgan fingerprint density at radius 2 is 1.92 bits per heavy atom. The molecular weight excluding hydrogens is 493 g/mol. The number of hydrogen-bond donors (Lipinski definition) is 0. The van der Waals surface area contributed by atoms with Crippen LogP contribution in [0.15, 0.2) is 53.9 Å². The highest BCUT2D eigenvalue weighted by atomic mass is 32.1. The Hall–Kier alpha value is -3.43. The van der Waals surface area contributed by atoms with E-state index in [9.17, 15) is 14.0 Å². The number of amides is 2. The minimum atomic E-state index is -0.275. The highest BCUT2D eigenvalue weighted by Gasteiger charge is 2.35. The largest absolute Gasteiger partial charge is 0.454 e. The number of nitrogens with zero attached hydrogens (tertiary/aromatic N) is 3. The molecule has 1 fully saturated rings. The van der Waals surface area contributed by atoms with Crippen LogP contribution in [0.3, 0.4) is 0 Å². The molecule has 0 saturated carbocycles. The van der Waals surface area contributed by atoms with Gasteiger partial charge in [-0.25, -0.2) is 4.39 Å². The lowest BCUT2D eigenvalue weighted by Gasteiger charge is -2.42. The number of piperazine rings is 1. The first kappa shape index (κ1) is 23.9. The summed E-state index contributed by atoms with van der Waals surface area (Å²) in [4.78, 5) is 33.8. The van der Waals surface area contributed by atoms with Gasteiger partial charge in [-0.3, -0.25) is 14.5 Å². The first-order valence-corrected chi connectivity index (χ1v) is 13.4. The van der Waals surface area contributed by atoms with E-state index in [1.807, 2.05) is 22.8 Å². The minimum absolute atomic E-state index is 0.0297. The second-order valence-corrected chi connectivity index (χ2v) is 10.7. The van der Waals surface area contributed by atoms with Gasteiger partial charge in [-0.15, -0.1) is 11.3 Å². The quantitative estimate of drug-likeness (QED) is 0.521. The Morgan fingerprint density at radius 1 is 1.05 bits per heavy atom. The number of halogens is 1. The molecule has 2 aromatic carbocycles. The van der Waals surface area contributed by atoms with Gasteiger partial charge in [0, 0.05) is 42.7 Å². The Balaban J connectivity index is 1.14. The standard InChI is InChI=1S/C28H28FN3O4S/c1-18-15-30(10-11-32(18)28(34)20-5-6-23-24(14-20)36-17-35-23)26(33)16-31-9-7-25-22(8-12-37-25)27(31)19-3-2-4-21(29)13-19/h2-6,8,12-14,18,27H,7,9-11,15-17H2,1H3/t18-,27+/m0/s1. The second kappa shape index (κ2) is 9.79. The molecule has 0 unspecified atom stereocenters. The van der Waals surface area contributed by atoms with Crippen LogP contribution in [-0.4, -0.2) is 72.1 Å². The molecule has 1 aromatic heterocycles. The van der Waals surface area contributed by atoms with Crippen molar-refractivity contribution in [3.8, 4) is 11.5 Å². The van der Waals surface area contributed by atoms with Gasteiger partial charge in [-0.05, 0) is 66.2 Å². The summed E-state index contributed by atoms with van der Waals surface area (Å²) in [5, 5.41) is 2.07. The van der Waals surface area contributed by atoms with Crippen LogP contribution in [0.5, 0.6) is 11.5 Å². The number of thiophene rings is 1. The zero-order valence-electron chi connectivity index (χ0n) is 20.6. The van der Waals surface area contributed by atoms with Gasteiger partial charge in [0.2, 0.25) is 12.7 Å². The van der Waals surface area contributed by atoms with Crippen molar-refractivity contribution >= 4 is 23.2 Å². The molecule has 0 aliphatic carbocycles. The van der Waals surface area contributed by atoms with Crippen molar-refractivity contribution < 1.29 is 23.5 Å². The highest BCUT2D eigenvalue weighted by Crippen LogP contribution is 2.38. The number of hydrogen-bond acceptors (Lipinski definition) is 6. The van der Waals surface area contributed by atoms with Gasteiger partial charge in [-0.2, -0.15) is 0 Å². The fourth-order valence-electron chi connectivity index (χ4n) is 5.56. The number of carbonyl (C=O) groups excluding carboxylic acids is 2. The van der Waals surface area contributed by atoms with Crippen molar-refractivity contribution in [1.29, 1.82) is 0 Å². The monoisotopic (exact) mass is 521 g/mol. The van der Waals surface area contributed by atoms with Crippen molar-refractivity contribution in [2.24, 2.45) is 0 Å². The van der Waals surface area contributed by atoms with Crippen molar-refractivity contribution in [2.75, 3.05) is 39.5 Å². The highest BCUT2D eigenvalue weighted by molar-refractivity contribution is 7.10. The molecule has 2 amide bonds. The molecule has 9 heteroatoms. The number of fused-ring (bicyclic) bond motifs is 2. The van der Waals surface area contributed by atoms with Gasteiger partial charge in [0.05, 0.1) is 12.6 Å². The number of ether oxygens (including phenoxy) is 2. The lowest BCUT2D eigenvalue weighted by Crippen LogP contribution is -2.57. The molecule has 3 aliphatic rings. The zero-order chi connectivity index (χ0) is 25.5. The first-order valence-electron chi connectivity index (χ1n) is 12.5. The average molecular weight is 522 g/mol. The third-order valence-electron chi connectivity index (χ3n) is 7.43. The van der Waals surface area contributed by atoms with Crippen molar-refractivity contribution in [3.05, 3.63) is 81.3 Å². The van der Waals surface area contributed by atoms with Crippen LogP contribution in [0.2, 0.25) is 0 Å². The van der Waals surface area contributed by atoms with Crippen LogP contribution in [0.4, 0.5) is 4.39 Å². The zero-order valence-corrected chi connectivity index (χ0v) is 21.4. The lowest BCUT2D eigenvalue weighted by atomic mass is 9.93. The summed E-state index contributed by atoms with van der Waals surface area (Å²) in [6, 6.07) is 13.7. The van der Waals surface area contributed by atoms with Crippen molar-refractivity contribution in [2.45, 2.75) is 25.4 Å². The van der Waals surface area contributed by atoms with E-state index in [2.05, 4.69) is 16.3 Å². The number of rotatable bonds is 4. The Labute approximate surface area is 219 Å². The summed E-state index contributed by atoms with van der Waals surface area (Å²) in [5.74, 6) is 0.898. The molecule has 0 radical (unpaired) electrons. The lowest BCUT2D eigenvalue weighted by molar-refractivity contribution is -0.135. The van der Waals surface area contributed by atoms with Gasteiger partial charge in [-0.1, -0.05) is 12.1 Å². The predicted octanol–water partition coefficient (Wildman–Crippen LogP) is 3.94. The molecule has 7 nitrogen and oxygen atoms in total. The fraction of sp³-hybridized carbons (Fsp3) is 0.357. The van der Waals surface area contributed by atoms with Crippen LogP contribution >= 0.6 is 11.3 Å². The third kappa shape index (κ3) is 4.57. The molecule has 3 aromatic rings. The summed E-state index contributed by atoms with van der Waals surface area (Å²) in [6.45, 7) is 4.52. The average Bonchev–Trinajstić information content (AvgIpc) is 3.57. The number of benzene rings is 2. The van der Waals surface area contributed by atoms with Crippen LogP contribution < -0.4 is 9.47 Å². The van der Waals surface area contributed by atoms with E-state index >= 15 is 0 Å². The topological polar surface area (TPSA) is 62.3 Å². The van der Waals surface area contributed by atoms with Crippen LogP contribution in [0, 0.1) is 5.82 Å². The van der Waals surface area contributed by atoms with Gasteiger partial charge >= 0.3 is 0 Å². The van der Waals surface area contributed by atoms with E-state index in [-0.39, 0.29) is 43.1 Å². The molecule has 4 heterocycles. The Kier molecular flexibility index (Phi) is 6.34. The van der Waals surface area contributed by atoms with E-state index < -0.39 is 0 Å². The van der Waals surface area contributed by atoms with Gasteiger partial charge in [0.15, 0.2) is 11.5 Å². The fourth-order valence-corrected chi connectivity index (χ4v) is 6.46. The summed E-state index contributed by atoms with van der Waals surface area (Å²) < 4.78 is 24.9. The third-order valence-corrected chi connectivity index (χ3v) is 8.43. The molecule has 192 valence electrons. The van der Waals surface area contributed by atoms with Crippen LogP contribution in [0.25, 0.3) is 0 Å². The molecule has 1 saturated heterocycles. The van der Waals surface area contributed by atoms with E-state index in [0.29, 0.717) is 36.7 Å². The molecule has 3 aliphatic heterocycles.